The van der Waals surface area contributed by atoms with Crippen molar-refractivity contribution in [3.8, 4) is 0 Å². The number of rotatable bonds is 8. The molecule has 6 saturated heterocycles. The van der Waals surface area contributed by atoms with E-state index >= 15 is 0 Å². The Balaban J connectivity index is 0.00000574. The minimum atomic E-state index is -5.08. The standard InChI is InChI=1S/C58H88O13S.Na/c1-31(35-15-16-42-52(35,10)22-19-43-55-28-45(60)57(62,68-30-55)48(3,4)41(55)20-23-56(42,43)61)12-17-46-53(11)26-33(50(7,8)71-53)24-39(69-46)32(2)36-13-14-37-34-25-40(70-72(64,65)66)47-49(5,6)58(63)44(59)27-54(47,29-67-58)38(34)18-21-51(36,37)9;/h19-20,31-33,35-37,39-40,42,44-47,59-63H,12-18,21-30H2,1-11H3,(H,64,65,66);/q;+1/p-1/t31-,32+,33-,35-,36-,37+,39-,40+,42-,44+,45+,46+,47?,51-,52-,53-,54+,55-,56+,57-,58-;/m1./s1. The van der Waals surface area contributed by atoms with Crippen LogP contribution in [0.2, 0.25) is 0 Å². The van der Waals surface area contributed by atoms with Crippen molar-refractivity contribution in [3.63, 3.8) is 0 Å². The summed E-state index contributed by atoms with van der Waals surface area (Å²) >= 11 is 0. The van der Waals surface area contributed by atoms with Crippen LogP contribution in [0.1, 0.15) is 172 Å². The molecule has 0 aromatic rings. The first-order chi connectivity index (χ1) is 33.3. The summed E-state index contributed by atoms with van der Waals surface area (Å²) in [7, 11) is -5.08. The Morgan fingerprint density at radius 1 is 0.822 bits per heavy atom. The fourth-order valence-corrected chi connectivity index (χ4v) is 22.2. The Labute approximate surface area is 457 Å². The van der Waals surface area contributed by atoms with Crippen molar-refractivity contribution in [1.82, 2.24) is 0 Å². The molecular weight excluding hydrogens is 960 g/mol. The molecule has 0 radical (unpaired) electrons. The number of aliphatic hydroxyl groups is 5. The van der Waals surface area contributed by atoms with Crippen LogP contribution in [0.5, 0.6) is 0 Å². The van der Waals surface area contributed by atoms with Gasteiger partial charge in [0.2, 0.25) is 16.2 Å². The van der Waals surface area contributed by atoms with Gasteiger partial charge in [-0.2, -0.15) is 0 Å². The third-order valence-corrected chi connectivity index (χ3v) is 25.5. The molecule has 13 nitrogen and oxygen atoms in total. The predicted molar refractivity (Wildman–Crippen MR) is 266 cm³/mol. The summed E-state index contributed by atoms with van der Waals surface area (Å²) in [6.07, 6.45) is 12.9. The Morgan fingerprint density at radius 2 is 1.49 bits per heavy atom. The maximum atomic E-state index is 13.1. The second-order valence-corrected chi connectivity index (χ2v) is 30.0. The fourth-order valence-electron chi connectivity index (χ4n) is 21.7. The molecule has 15 heteroatoms. The number of hydrogen-bond acceptors (Lipinski definition) is 13. The second-order valence-electron chi connectivity index (χ2n) is 29.0. The zero-order chi connectivity index (χ0) is 51.8. The summed E-state index contributed by atoms with van der Waals surface area (Å²) in [6.45, 7) is 24.5. The molecule has 2 spiro atoms. The summed E-state index contributed by atoms with van der Waals surface area (Å²) in [5.41, 5.74) is -0.730. The van der Waals surface area contributed by atoms with Gasteiger partial charge in [-0.3, -0.25) is 4.18 Å². The quantitative estimate of drug-likeness (QED) is 0.0923. The van der Waals surface area contributed by atoms with Gasteiger partial charge in [0, 0.05) is 27.6 Å². The maximum absolute atomic E-state index is 13.1. The SMILES string of the molecule is C[C@@H]([C@H]1CC[C@H]2C3=C(CC[C@]12C)[C@@]12CO[C@](O)([C@@H](O)C1)C(C)(C)C2[C@@H](OS(=O)(=O)[O-])C3)[C@H]1C[C@@H]2C[C@@](C)(OC2(C)C)[C@H](CC[C@@H](C)[C@H]2CC[C@@H]3[C@]2(C)CC=C2[C@@]45CO[C@](O)([C@@H](O)C4)C(C)(C)C5=CC[C@@]23O)O1.[Na+]. The maximum Gasteiger partial charge on any atom is 1.00 e. The van der Waals surface area contributed by atoms with E-state index in [0.29, 0.717) is 42.9 Å². The van der Waals surface area contributed by atoms with Gasteiger partial charge < -0.3 is 49.0 Å². The van der Waals surface area contributed by atoms with Gasteiger partial charge in [-0.15, -0.1) is 0 Å². The van der Waals surface area contributed by atoms with Crippen LogP contribution in [0, 0.1) is 79.8 Å². The molecule has 14 rings (SSSR count). The minimum Gasteiger partial charge on any atom is -0.726 e. The normalized spacial score (nSPS) is 53.3. The monoisotopic (exact) mass is 1050 g/mol. The molecule has 1 unspecified atom stereocenters. The molecule has 8 aliphatic carbocycles. The van der Waals surface area contributed by atoms with Crippen molar-refractivity contribution in [1.29, 1.82) is 0 Å². The van der Waals surface area contributed by atoms with E-state index in [1.165, 1.54) is 11.1 Å². The molecule has 21 atom stereocenters. The van der Waals surface area contributed by atoms with Gasteiger partial charge in [0.1, 0.15) is 12.2 Å². The van der Waals surface area contributed by atoms with Crippen LogP contribution in [0.3, 0.4) is 0 Å². The van der Waals surface area contributed by atoms with Crippen LogP contribution in [-0.2, 0) is 33.5 Å². The van der Waals surface area contributed by atoms with Crippen molar-refractivity contribution >= 4 is 10.4 Å². The van der Waals surface area contributed by atoms with E-state index in [9.17, 15) is 38.5 Å². The van der Waals surface area contributed by atoms with Gasteiger partial charge in [0.25, 0.3) is 0 Å². The van der Waals surface area contributed by atoms with Crippen LogP contribution in [-0.4, -0.2) is 111 Å². The van der Waals surface area contributed by atoms with Gasteiger partial charge in [0.05, 0.1) is 48.3 Å². The largest absolute Gasteiger partial charge is 1.00 e. The van der Waals surface area contributed by atoms with E-state index in [2.05, 4.69) is 60.6 Å². The number of ether oxygens (including phenoxy) is 4. The molecule has 73 heavy (non-hydrogen) atoms. The van der Waals surface area contributed by atoms with Crippen LogP contribution < -0.4 is 29.6 Å². The molecule has 4 saturated carbocycles. The smallest absolute Gasteiger partial charge is 0.726 e. The summed E-state index contributed by atoms with van der Waals surface area (Å²) in [5, 5.41) is 59.3. The molecule has 0 aromatic heterocycles. The molecule has 10 fully saturated rings. The third-order valence-electron chi connectivity index (χ3n) is 25.0. The molecule has 0 aromatic carbocycles. The van der Waals surface area contributed by atoms with Crippen molar-refractivity contribution in [3.05, 3.63) is 34.4 Å². The average Bonchev–Trinajstić information content (AvgIpc) is 3.86. The van der Waals surface area contributed by atoms with Crippen LogP contribution in [0.15, 0.2) is 34.4 Å². The van der Waals surface area contributed by atoms with E-state index in [-0.39, 0.29) is 95.6 Å². The Hall–Kier alpha value is -0.270. The molecule has 404 valence electrons. The van der Waals surface area contributed by atoms with E-state index in [1.807, 2.05) is 27.7 Å². The first-order valence-corrected chi connectivity index (χ1v) is 29.6. The van der Waals surface area contributed by atoms with E-state index in [1.54, 1.807) is 0 Å². The summed E-state index contributed by atoms with van der Waals surface area (Å²) in [4.78, 5) is 0. The van der Waals surface area contributed by atoms with Crippen molar-refractivity contribution in [2.45, 2.75) is 231 Å². The number of allylic oxidation sites excluding steroid dienone is 1. The van der Waals surface area contributed by atoms with Gasteiger partial charge in [-0.25, -0.2) is 8.42 Å². The van der Waals surface area contributed by atoms with Gasteiger partial charge in [-0.1, -0.05) is 84.3 Å². The van der Waals surface area contributed by atoms with Crippen molar-refractivity contribution < 1.29 is 91.2 Å². The molecule has 6 aliphatic heterocycles. The third kappa shape index (κ3) is 7.03. The Bertz CT molecular complexity index is 2510. The topological polar surface area (TPSA) is 204 Å². The molecule has 0 amide bonds. The van der Waals surface area contributed by atoms with E-state index < -0.39 is 79.1 Å². The van der Waals surface area contributed by atoms with Crippen molar-refractivity contribution in [2.24, 2.45) is 79.8 Å². The van der Waals surface area contributed by atoms with E-state index in [0.717, 1.165) is 81.8 Å². The van der Waals surface area contributed by atoms with Gasteiger partial charge in [-0.05, 0) is 175 Å². The van der Waals surface area contributed by atoms with Crippen LogP contribution >= 0.6 is 0 Å². The molecule has 14 aliphatic rings. The predicted octanol–water partition coefficient (Wildman–Crippen LogP) is 5.18. The minimum absolute atomic E-state index is 0. The van der Waals surface area contributed by atoms with Crippen LogP contribution in [0.25, 0.3) is 0 Å². The van der Waals surface area contributed by atoms with E-state index in [4.69, 9.17) is 23.1 Å². The second kappa shape index (κ2) is 16.7. The number of fused-ring (bicyclic) bond motifs is 11. The number of aliphatic hydroxyl groups excluding tert-OH is 2. The summed E-state index contributed by atoms with van der Waals surface area (Å²) < 4.78 is 70.0. The zero-order valence-corrected chi connectivity index (χ0v) is 48.9. The first kappa shape index (κ1) is 54.7. The number of hydrogen-bond donors (Lipinski definition) is 5. The Morgan fingerprint density at radius 3 is 2.18 bits per heavy atom. The van der Waals surface area contributed by atoms with Crippen molar-refractivity contribution in [2.75, 3.05) is 13.2 Å². The van der Waals surface area contributed by atoms with Gasteiger partial charge in [0.15, 0.2) is 5.79 Å². The molecule has 6 bridgehead atoms. The zero-order valence-electron chi connectivity index (χ0n) is 46.1. The average molecular weight is 1050 g/mol. The molecule has 5 N–H and O–H groups in total. The van der Waals surface area contributed by atoms with Gasteiger partial charge >= 0.3 is 29.6 Å². The fraction of sp³-hybridized carbons (Fsp3) is 0.897. The van der Waals surface area contributed by atoms with Crippen LogP contribution in [0.4, 0.5) is 0 Å². The summed E-state index contributed by atoms with van der Waals surface area (Å²) in [5.74, 6) is -2.17. The summed E-state index contributed by atoms with van der Waals surface area (Å²) in [6, 6.07) is 0. The molecule has 6 heterocycles. The Kier molecular flexibility index (Phi) is 12.5. The molecular formula is C58H87NaO13S. The first-order valence-electron chi connectivity index (χ1n) is 28.2.